The first-order valence-electron chi connectivity index (χ1n) is 11.1. The summed E-state index contributed by atoms with van der Waals surface area (Å²) in [5.41, 5.74) is 1.95. The zero-order valence-corrected chi connectivity index (χ0v) is 18.1. The van der Waals surface area contributed by atoms with Gasteiger partial charge in [0.05, 0.1) is 0 Å². The summed E-state index contributed by atoms with van der Waals surface area (Å²) in [7, 11) is 0. The molecule has 32 heavy (non-hydrogen) atoms. The summed E-state index contributed by atoms with van der Waals surface area (Å²) >= 11 is 0. The quantitative estimate of drug-likeness (QED) is 0.729. The van der Waals surface area contributed by atoms with Crippen molar-refractivity contribution in [2.45, 2.75) is 44.7 Å². The van der Waals surface area contributed by atoms with E-state index >= 15 is 0 Å². The van der Waals surface area contributed by atoms with E-state index in [0.717, 1.165) is 18.4 Å². The van der Waals surface area contributed by atoms with Crippen molar-refractivity contribution < 1.29 is 18.8 Å². The van der Waals surface area contributed by atoms with Gasteiger partial charge in [0.25, 0.3) is 11.8 Å². The third kappa shape index (κ3) is 5.33. The highest BCUT2D eigenvalue weighted by atomic mass is 19.1. The van der Waals surface area contributed by atoms with Gasteiger partial charge in [-0.15, -0.1) is 0 Å². The number of nitrogens with one attached hydrogen (secondary N) is 2. The third-order valence-corrected chi connectivity index (χ3v) is 6.16. The number of piperidine rings is 1. The largest absolute Gasteiger partial charge is 0.352 e. The number of likely N-dealkylation sites (tertiary alicyclic amines) is 1. The Hall–Kier alpha value is -3.22. The monoisotopic (exact) mass is 437 g/mol. The normalized spacial score (nSPS) is 17.5. The first kappa shape index (κ1) is 22.0. The van der Waals surface area contributed by atoms with Crippen molar-refractivity contribution in [1.29, 1.82) is 0 Å². The molecule has 2 N–H and O–H groups in total. The molecule has 1 aliphatic heterocycles. The number of rotatable bonds is 6. The maximum Gasteiger partial charge on any atom is 0.253 e. The molecule has 2 fully saturated rings. The third-order valence-electron chi connectivity index (χ3n) is 6.16. The molecular weight excluding hydrogens is 409 g/mol. The second kappa shape index (κ2) is 9.51. The van der Waals surface area contributed by atoms with E-state index in [2.05, 4.69) is 10.6 Å². The van der Waals surface area contributed by atoms with Crippen LogP contribution < -0.4 is 10.6 Å². The molecule has 3 amide bonds. The van der Waals surface area contributed by atoms with Crippen molar-refractivity contribution in [3.63, 3.8) is 0 Å². The molecule has 6 nitrogen and oxygen atoms in total. The molecule has 2 aliphatic rings. The number of hydrogen-bond acceptors (Lipinski definition) is 3. The van der Waals surface area contributed by atoms with Crippen molar-refractivity contribution in [1.82, 2.24) is 15.5 Å². The first-order chi connectivity index (χ1) is 15.4. The summed E-state index contributed by atoms with van der Waals surface area (Å²) in [6, 6.07) is 12.4. The van der Waals surface area contributed by atoms with Crippen LogP contribution in [-0.4, -0.2) is 47.8 Å². The Labute approximate surface area is 187 Å². The van der Waals surface area contributed by atoms with E-state index < -0.39 is 6.04 Å². The summed E-state index contributed by atoms with van der Waals surface area (Å²) in [4.78, 5) is 40.3. The minimum Gasteiger partial charge on any atom is -0.352 e. The van der Waals surface area contributed by atoms with E-state index in [0.29, 0.717) is 37.1 Å². The highest BCUT2D eigenvalue weighted by molar-refractivity contribution is 5.98. The molecule has 2 aromatic carbocycles. The van der Waals surface area contributed by atoms with Crippen molar-refractivity contribution in [2.75, 3.05) is 13.1 Å². The smallest absolute Gasteiger partial charge is 0.253 e. The standard InChI is InChI=1S/C25H28FN3O3/c1-16-3-2-4-19(15-16)23(30)28-22(24(31)27-21-9-10-21)17-11-13-29(14-12-17)25(32)18-5-7-20(26)8-6-18/h2-8,15,17,21-22H,9-14H2,1H3,(H,27,31)(H,28,30)/t22-/m1/s1. The maximum atomic E-state index is 13.2. The molecule has 168 valence electrons. The molecule has 1 aliphatic carbocycles. The fourth-order valence-corrected chi connectivity index (χ4v) is 4.14. The Morgan fingerprint density at radius 1 is 0.969 bits per heavy atom. The number of hydrogen-bond donors (Lipinski definition) is 2. The van der Waals surface area contributed by atoms with Gasteiger partial charge in [0, 0.05) is 30.3 Å². The number of benzene rings is 2. The van der Waals surface area contributed by atoms with Gasteiger partial charge >= 0.3 is 0 Å². The minimum atomic E-state index is -0.647. The molecule has 1 saturated heterocycles. The predicted molar refractivity (Wildman–Crippen MR) is 119 cm³/mol. The van der Waals surface area contributed by atoms with E-state index in [1.807, 2.05) is 19.1 Å². The van der Waals surface area contributed by atoms with E-state index in [9.17, 15) is 18.8 Å². The second-order valence-corrected chi connectivity index (χ2v) is 8.74. The van der Waals surface area contributed by atoms with Gasteiger partial charge in [-0.05, 0) is 74.9 Å². The molecule has 2 aromatic rings. The Kier molecular flexibility index (Phi) is 6.53. The van der Waals surface area contributed by atoms with E-state index in [4.69, 9.17) is 0 Å². The lowest BCUT2D eigenvalue weighted by Gasteiger charge is -2.36. The van der Waals surface area contributed by atoms with Gasteiger partial charge in [0.1, 0.15) is 11.9 Å². The number of carbonyl (C=O) groups is 3. The van der Waals surface area contributed by atoms with Gasteiger partial charge in [-0.1, -0.05) is 17.7 Å². The van der Waals surface area contributed by atoms with Gasteiger partial charge in [-0.3, -0.25) is 14.4 Å². The summed E-state index contributed by atoms with van der Waals surface area (Å²) < 4.78 is 13.2. The van der Waals surface area contributed by atoms with E-state index in [1.54, 1.807) is 17.0 Å². The van der Waals surface area contributed by atoms with Gasteiger partial charge in [-0.2, -0.15) is 0 Å². The molecule has 1 atom stereocenters. The zero-order valence-electron chi connectivity index (χ0n) is 18.1. The molecule has 0 radical (unpaired) electrons. The molecule has 0 aromatic heterocycles. The summed E-state index contributed by atoms with van der Waals surface area (Å²) in [6.45, 7) is 2.88. The Bertz CT molecular complexity index is 996. The van der Waals surface area contributed by atoms with Crippen LogP contribution in [0.4, 0.5) is 4.39 Å². The highest BCUT2D eigenvalue weighted by Crippen LogP contribution is 2.25. The van der Waals surface area contributed by atoms with Crippen molar-refractivity contribution in [3.05, 3.63) is 71.0 Å². The molecule has 0 bridgehead atoms. The van der Waals surface area contributed by atoms with Crippen LogP contribution in [0.15, 0.2) is 48.5 Å². The van der Waals surface area contributed by atoms with E-state index in [1.165, 1.54) is 24.3 Å². The van der Waals surface area contributed by atoms with Crippen LogP contribution in [0.2, 0.25) is 0 Å². The van der Waals surface area contributed by atoms with Gasteiger partial charge in [0.15, 0.2) is 0 Å². The molecule has 1 saturated carbocycles. The fraction of sp³-hybridized carbons (Fsp3) is 0.400. The first-order valence-corrected chi connectivity index (χ1v) is 11.1. The lowest BCUT2D eigenvalue weighted by Crippen LogP contribution is -2.54. The Morgan fingerprint density at radius 3 is 2.28 bits per heavy atom. The van der Waals surface area contributed by atoms with Gasteiger partial charge in [-0.25, -0.2) is 4.39 Å². The lowest BCUT2D eigenvalue weighted by molar-refractivity contribution is -0.124. The predicted octanol–water partition coefficient (Wildman–Crippen LogP) is 3.06. The van der Waals surface area contributed by atoms with Crippen molar-refractivity contribution in [2.24, 2.45) is 5.92 Å². The average Bonchev–Trinajstić information content (AvgIpc) is 3.61. The van der Waals surface area contributed by atoms with Gasteiger partial charge in [0.2, 0.25) is 5.91 Å². The van der Waals surface area contributed by atoms with E-state index in [-0.39, 0.29) is 35.5 Å². The SMILES string of the molecule is Cc1cccc(C(=O)N[C@@H](C(=O)NC2CC2)C2CCN(C(=O)c3ccc(F)cc3)CC2)c1. The summed E-state index contributed by atoms with van der Waals surface area (Å²) in [6.07, 6.45) is 3.14. The number of halogens is 1. The lowest BCUT2D eigenvalue weighted by atomic mass is 9.88. The number of aryl methyl sites for hydroxylation is 1. The molecule has 0 unspecified atom stereocenters. The molecule has 4 rings (SSSR count). The number of nitrogens with zero attached hydrogens (tertiary/aromatic N) is 1. The van der Waals surface area contributed by atoms with Crippen LogP contribution in [0.3, 0.4) is 0 Å². The van der Waals surface area contributed by atoms with Crippen LogP contribution in [0.1, 0.15) is 52.0 Å². The minimum absolute atomic E-state index is 0.0697. The van der Waals surface area contributed by atoms with Crippen molar-refractivity contribution >= 4 is 17.7 Å². The molecule has 1 heterocycles. The Balaban J connectivity index is 1.42. The van der Waals surface area contributed by atoms with Crippen LogP contribution in [0.5, 0.6) is 0 Å². The summed E-state index contributed by atoms with van der Waals surface area (Å²) in [5.74, 6) is -1.02. The van der Waals surface area contributed by atoms with Crippen LogP contribution >= 0.6 is 0 Å². The average molecular weight is 438 g/mol. The number of carbonyl (C=O) groups excluding carboxylic acids is 3. The topological polar surface area (TPSA) is 78.5 Å². The molecular formula is C25H28FN3O3. The maximum absolute atomic E-state index is 13.2. The second-order valence-electron chi connectivity index (χ2n) is 8.74. The fourth-order valence-electron chi connectivity index (χ4n) is 4.14. The molecule has 7 heteroatoms. The summed E-state index contributed by atoms with van der Waals surface area (Å²) in [5, 5.41) is 5.96. The Morgan fingerprint density at radius 2 is 1.66 bits per heavy atom. The van der Waals surface area contributed by atoms with Crippen LogP contribution in [-0.2, 0) is 4.79 Å². The van der Waals surface area contributed by atoms with Crippen molar-refractivity contribution in [3.8, 4) is 0 Å². The van der Waals surface area contributed by atoms with Crippen LogP contribution in [0.25, 0.3) is 0 Å². The molecule has 0 spiro atoms. The van der Waals surface area contributed by atoms with Gasteiger partial charge < -0.3 is 15.5 Å². The number of amides is 3. The highest BCUT2D eigenvalue weighted by Gasteiger charge is 2.36. The zero-order chi connectivity index (χ0) is 22.7. The van der Waals surface area contributed by atoms with Crippen LogP contribution in [0, 0.1) is 18.7 Å².